The maximum Gasteiger partial charge on any atom is 0.296 e. The molecule has 0 bridgehead atoms. The van der Waals surface area contributed by atoms with E-state index < -0.39 is 12.5 Å². The highest BCUT2D eigenvalue weighted by Gasteiger charge is 2.38. The Balaban J connectivity index is 1.49. The van der Waals surface area contributed by atoms with Gasteiger partial charge in [-0.05, 0) is 42.9 Å². The summed E-state index contributed by atoms with van der Waals surface area (Å²) in [5, 5.41) is 0. The van der Waals surface area contributed by atoms with Gasteiger partial charge in [-0.1, -0.05) is 24.3 Å². The van der Waals surface area contributed by atoms with Gasteiger partial charge in [-0.15, -0.1) is 0 Å². The smallest absolute Gasteiger partial charge is 0.296 e. The predicted molar refractivity (Wildman–Crippen MR) is 110 cm³/mol. The largest absolute Gasteiger partial charge is 0.493 e. The van der Waals surface area contributed by atoms with E-state index in [0.717, 1.165) is 30.8 Å². The first-order valence-electron chi connectivity index (χ1n) is 10.4. The van der Waals surface area contributed by atoms with Crippen LogP contribution in [-0.4, -0.2) is 34.0 Å². The van der Waals surface area contributed by atoms with Crippen molar-refractivity contribution in [2.75, 3.05) is 34.0 Å². The summed E-state index contributed by atoms with van der Waals surface area (Å²) >= 11 is 0. The molecule has 0 amide bonds. The van der Waals surface area contributed by atoms with Gasteiger partial charge >= 0.3 is 0 Å². The van der Waals surface area contributed by atoms with Gasteiger partial charge in [-0.2, -0.15) is 8.78 Å². The standard InChI is InChI=1S/C24H28F2O4/c1-27-12-4-5-16-14-29-23-13-17(8-9-18(16)23)30-22-11-10-19-20(22)6-3-7-21(19)24(25,26)15-28-2/h3,6-9,13,16,22H,4-5,10-12,14-15H2,1-2H3/t16-,22-/m1/s1. The first kappa shape index (κ1) is 21.1. The quantitative estimate of drug-likeness (QED) is 0.512. The highest BCUT2D eigenvalue weighted by molar-refractivity contribution is 5.47. The molecule has 0 aromatic heterocycles. The fourth-order valence-electron chi connectivity index (χ4n) is 4.55. The normalized spacial score (nSPS) is 20.0. The first-order valence-corrected chi connectivity index (χ1v) is 10.4. The Morgan fingerprint density at radius 1 is 1.10 bits per heavy atom. The maximum absolute atomic E-state index is 14.5. The molecule has 0 N–H and O–H groups in total. The summed E-state index contributed by atoms with van der Waals surface area (Å²) in [5.74, 6) is -1.07. The Morgan fingerprint density at radius 3 is 2.77 bits per heavy atom. The minimum atomic E-state index is -3.01. The minimum Gasteiger partial charge on any atom is -0.493 e. The van der Waals surface area contributed by atoms with Crippen LogP contribution in [0.1, 0.15) is 53.5 Å². The molecule has 0 saturated carbocycles. The number of methoxy groups -OCH3 is 2. The van der Waals surface area contributed by atoms with Crippen LogP contribution in [0.2, 0.25) is 0 Å². The van der Waals surface area contributed by atoms with Gasteiger partial charge < -0.3 is 18.9 Å². The summed E-state index contributed by atoms with van der Waals surface area (Å²) in [5.41, 5.74) is 2.76. The van der Waals surface area contributed by atoms with Crippen molar-refractivity contribution in [1.29, 1.82) is 0 Å². The van der Waals surface area contributed by atoms with E-state index in [9.17, 15) is 8.78 Å². The SMILES string of the molecule is COCCC[C@@H]1COc2cc(O[C@@H]3CCc4c3cccc4C(F)(F)COC)ccc21. The van der Waals surface area contributed by atoms with Crippen LogP contribution >= 0.6 is 0 Å². The molecule has 2 aliphatic rings. The van der Waals surface area contributed by atoms with Gasteiger partial charge in [-0.3, -0.25) is 0 Å². The molecule has 30 heavy (non-hydrogen) atoms. The lowest BCUT2D eigenvalue weighted by molar-refractivity contribution is -0.0703. The van der Waals surface area contributed by atoms with E-state index in [4.69, 9.17) is 18.9 Å². The molecule has 0 saturated heterocycles. The molecule has 0 radical (unpaired) electrons. The van der Waals surface area contributed by atoms with Gasteiger partial charge in [0.2, 0.25) is 0 Å². The van der Waals surface area contributed by atoms with Crippen molar-refractivity contribution in [2.24, 2.45) is 0 Å². The third-order valence-corrected chi connectivity index (χ3v) is 5.98. The van der Waals surface area contributed by atoms with Crippen LogP contribution in [0.25, 0.3) is 0 Å². The van der Waals surface area contributed by atoms with E-state index in [1.807, 2.05) is 18.2 Å². The van der Waals surface area contributed by atoms with Crippen LogP contribution in [0.5, 0.6) is 11.5 Å². The van der Waals surface area contributed by atoms with Gasteiger partial charge in [0.15, 0.2) is 0 Å². The van der Waals surface area contributed by atoms with Crippen LogP contribution < -0.4 is 9.47 Å². The number of benzene rings is 2. The molecule has 4 rings (SSSR count). The monoisotopic (exact) mass is 418 g/mol. The van der Waals surface area contributed by atoms with Crippen molar-refractivity contribution in [3.05, 3.63) is 58.7 Å². The minimum absolute atomic E-state index is 0.0455. The number of rotatable bonds is 9. The Hall–Kier alpha value is -2.18. The molecule has 6 heteroatoms. The second-order valence-electron chi connectivity index (χ2n) is 8.00. The zero-order valence-corrected chi connectivity index (χ0v) is 17.5. The van der Waals surface area contributed by atoms with Gasteiger partial charge in [0, 0.05) is 43.9 Å². The average Bonchev–Trinajstić information content (AvgIpc) is 3.32. The van der Waals surface area contributed by atoms with Gasteiger partial charge in [0.25, 0.3) is 5.92 Å². The summed E-state index contributed by atoms with van der Waals surface area (Å²) < 4.78 is 50.9. The Labute approximate surface area is 176 Å². The predicted octanol–water partition coefficient (Wildman–Crippen LogP) is 5.39. The highest BCUT2D eigenvalue weighted by Crippen LogP contribution is 2.43. The van der Waals surface area contributed by atoms with Gasteiger partial charge in [0.05, 0.1) is 6.61 Å². The molecule has 2 aromatic carbocycles. The second kappa shape index (κ2) is 8.90. The fraction of sp³-hybridized carbons (Fsp3) is 0.500. The number of ether oxygens (including phenoxy) is 4. The average molecular weight is 418 g/mol. The van der Waals surface area contributed by atoms with Crippen molar-refractivity contribution in [3.8, 4) is 11.5 Å². The summed E-state index contributed by atoms with van der Waals surface area (Å²) in [7, 11) is 3.01. The Morgan fingerprint density at radius 2 is 1.97 bits per heavy atom. The topological polar surface area (TPSA) is 36.9 Å². The number of halogens is 2. The lowest BCUT2D eigenvalue weighted by Crippen LogP contribution is -2.22. The second-order valence-corrected chi connectivity index (χ2v) is 8.00. The number of hydrogen-bond acceptors (Lipinski definition) is 4. The molecule has 162 valence electrons. The van der Waals surface area contributed by atoms with E-state index in [0.29, 0.717) is 36.7 Å². The third-order valence-electron chi connectivity index (χ3n) is 5.98. The van der Waals surface area contributed by atoms with Gasteiger partial charge in [-0.25, -0.2) is 0 Å². The Kier molecular flexibility index (Phi) is 6.25. The van der Waals surface area contributed by atoms with Crippen molar-refractivity contribution in [3.63, 3.8) is 0 Å². The number of hydrogen-bond donors (Lipinski definition) is 0. The van der Waals surface area contributed by atoms with E-state index in [1.54, 1.807) is 13.2 Å². The fourth-order valence-corrected chi connectivity index (χ4v) is 4.55. The van der Waals surface area contributed by atoms with Crippen LogP contribution in [-0.2, 0) is 21.8 Å². The van der Waals surface area contributed by atoms with E-state index in [2.05, 4.69) is 6.07 Å². The van der Waals surface area contributed by atoms with Crippen LogP contribution in [0, 0.1) is 0 Å². The lowest BCUT2D eigenvalue weighted by atomic mass is 9.96. The van der Waals surface area contributed by atoms with Crippen molar-refractivity contribution in [1.82, 2.24) is 0 Å². The zero-order valence-electron chi connectivity index (χ0n) is 17.5. The van der Waals surface area contributed by atoms with E-state index in [1.165, 1.54) is 18.7 Å². The number of alkyl halides is 2. The molecule has 1 heterocycles. The summed E-state index contributed by atoms with van der Waals surface area (Å²) in [6.07, 6.45) is 3.02. The van der Waals surface area contributed by atoms with E-state index >= 15 is 0 Å². The molecular formula is C24H28F2O4. The lowest BCUT2D eigenvalue weighted by Gasteiger charge is -2.20. The van der Waals surface area contributed by atoms with Gasteiger partial charge in [0.1, 0.15) is 24.2 Å². The highest BCUT2D eigenvalue weighted by atomic mass is 19.3. The molecule has 0 fully saturated rings. The van der Waals surface area contributed by atoms with Crippen molar-refractivity contribution in [2.45, 2.75) is 43.6 Å². The first-order chi connectivity index (χ1) is 14.5. The molecule has 1 aliphatic heterocycles. The van der Waals surface area contributed by atoms with Crippen LogP contribution in [0.15, 0.2) is 36.4 Å². The summed E-state index contributed by atoms with van der Waals surface area (Å²) in [6, 6.07) is 11.0. The molecule has 2 atom stereocenters. The molecular weight excluding hydrogens is 390 g/mol. The van der Waals surface area contributed by atoms with E-state index in [-0.39, 0.29) is 11.7 Å². The van der Waals surface area contributed by atoms with Crippen molar-refractivity contribution < 1.29 is 27.7 Å². The Bertz CT molecular complexity index is 884. The third kappa shape index (κ3) is 4.16. The van der Waals surface area contributed by atoms with Crippen LogP contribution in [0.4, 0.5) is 8.78 Å². The molecule has 1 aliphatic carbocycles. The summed E-state index contributed by atoms with van der Waals surface area (Å²) in [4.78, 5) is 0. The maximum atomic E-state index is 14.5. The molecule has 2 aromatic rings. The number of fused-ring (bicyclic) bond motifs is 2. The molecule has 0 spiro atoms. The zero-order chi connectivity index (χ0) is 21.1. The van der Waals surface area contributed by atoms with Crippen LogP contribution in [0.3, 0.4) is 0 Å². The summed E-state index contributed by atoms with van der Waals surface area (Å²) in [6.45, 7) is 0.801. The van der Waals surface area contributed by atoms with Crippen molar-refractivity contribution >= 4 is 0 Å². The molecule has 4 nitrogen and oxygen atoms in total. The molecule has 0 unspecified atom stereocenters.